The number of ether oxygens (including phenoxy) is 1. The molecule has 0 amide bonds. The fourth-order valence-electron chi connectivity index (χ4n) is 1.21. The van der Waals surface area contributed by atoms with E-state index in [-0.39, 0.29) is 6.42 Å². The van der Waals surface area contributed by atoms with Crippen molar-refractivity contribution in [3.8, 4) is 0 Å². The molecule has 0 aromatic carbocycles. The summed E-state index contributed by atoms with van der Waals surface area (Å²) in [5.74, 6) is -1.80. The summed E-state index contributed by atoms with van der Waals surface area (Å²) in [5, 5.41) is 0. The van der Waals surface area contributed by atoms with E-state index in [0.29, 0.717) is 0 Å². The van der Waals surface area contributed by atoms with Crippen LogP contribution in [0.25, 0.3) is 0 Å². The van der Waals surface area contributed by atoms with Crippen LogP contribution in [0.3, 0.4) is 0 Å². The average Bonchev–Trinajstić information content (AvgIpc) is 2.70. The van der Waals surface area contributed by atoms with Gasteiger partial charge < -0.3 is 4.74 Å². The second-order valence-corrected chi connectivity index (χ2v) is 3.59. The standard InChI is InChI=1S/C9H8F6O4/c1-2-4-3-5(19-18-4)6(16)17-7(8(10,11)12)9(13,14)15/h2,4-5,7H,1,3H2/t4-,5-/m0/s1. The molecule has 1 heterocycles. The molecule has 1 aliphatic rings. The highest BCUT2D eigenvalue weighted by molar-refractivity contribution is 5.75. The summed E-state index contributed by atoms with van der Waals surface area (Å²) in [5.41, 5.74) is 0. The van der Waals surface area contributed by atoms with Gasteiger partial charge in [0.1, 0.15) is 6.10 Å². The van der Waals surface area contributed by atoms with Crippen molar-refractivity contribution < 1.29 is 45.6 Å². The lowest BCUT2D eigenvalue weighted by Gasteiger charge is -2.23. The Kier molecular flexibility index (Phi) is 4.46. The number of halogens is 6. The number of rotatable bonds is 3. The molecule has 0 aromatic rings. The number of alkyl halides is 6. The van der Waals surface area contributed by atoms with Gasteiger partial charge in [-0.3, -0.25) is 0 Å². The van der Waals surface area contributed by atoms with Crippen molar-refractivity contribution >= 4 is 5.97 Å². The summed E-state index contributed by atoms with van der Waals surface area (Å²) in [6.07, 6.45) is -17.3. The van der Waals surface area contributed by atoms with Crippen LogP contribution in [0.1, 0.15) is 6.42 Å². The van der Waals surface area contributed by atoms with Crippen LogP contribution in [-0.2, 0) is 19.3 Å². The third kappa shape index (κ3) is 4.10. The molecule has 10 heteroatoms. The van der Waals surface area contributed by atoms with E-state index in [4.69, 9.17) is 0 Å². The van der Waals surface area contributed by atoms with E-state index >= 15 is 0 Å². The van der Waals surface area contributed by atoms with E-state index < -0.39 is 36.6 Å². The maximum Gasteiger partial charge on any atom is 0.434 e. The number of carbonyl (C=O) groups is 1. The van der Waals surface area contributed by atoms with Crippen molar-refractivity contribution in [1.82, 2.24) is 0 Å². The molecule has 0 spiro atoms. The van der Waals surface area contributed by atoms with Crippen LogP contribution in [0.4, 0.5) is 26.3 Å². The summed E-state index contributed by atoms with van der Waals surface area (Å²) in [6, 6.07) is 0. The van der Waals surface area contributed by atoms with E-state index in [1.54, 1.807) is 0 Å². The predicted molar refractivity (Wildman–Crippen MR) is 46.6 cm³/mol. The van der Waals surface area contributed by atoms with Crippen LogP contribution in [0.2, 0.25) is 0 Å². The van der Waals surface area contributed by atoms with E-state index in [2.05, 4.69) is 21.1 Å². The summed E-state index contributed by atoms with van der Waals surface area (Å²) in [6.45, 7) is 3.26. The highest BCUT2D eigenvalue weighted by Gasteiger charge is 2.60. The monoisotopic (exact) mass is 294 g/mol. The first-order valence-electron chi connectivity index (χ1n) is 4.84. The second-order valence-electron chi connectivity index (χ2n) is 3.59. The second kappa shape index (κ2) is 5.37. The zero-order chi connectivity index (χ0) is 14.8. The Hall–Kier alpha value is -1.29. The molecule has 1 saturated heterocycles. The summed E-state index contributed by atoms with van der Waals surface area (Å²) in [7, 11) is 0. The molecule has 0 unspecified atom stereocenters. The fraction of sp³-hybridized carbons (Fsp3) is 0.667. The lowest BCUT2D eigenvalue weighted by molar-refractivity contribution is -0.323. The van der Waals surface area contributed by atoms with Crippen LogP contribution in [0.5, 0.6) is 0 Å². The fourth-order valence-corrected chi connectivity index (χ4v) is 1.21. The number of carbonyl (C=O) groups excluding carboxylic acids is 1. The summed E-state index contributed by atoms with van der Waals surface area (Å²) in [4.78, 5) is 19.8. The molecule has 19 heavy (non-hydrogen) atoms. The maximum atomic E-state index is 12.1. The molecule has 2 atom stereocenters. The minimum absolute atomic E-state index is 0.273. The molecular formula is C9H8F6O4. The van der Waals surface area contributed by atoms with Crippen molar-refractivity contribution in [2.45, 2.75) is 37.1 Å². The summed E-state index contributed by atoms with van der Waals surface area (Å²) < 4.78 is 76.2. The molecule has 4 nitrogen and oxygen atoms in total. The van der Waals surface area contributed by atoms with Gasteiger partial charge in [0.2, 0.25) is 0 Å². The van der Waals surface area contributed by atoms with Crippen LogP contribution < -0.4 is 0 Å². The zero-order valence-electron chi connectivity index (χ0n) is 9.12. The SMILES string of the molecule is C=C[C@H]1C[C@@H](C(=O)OC(C(F)(F)F)C(F)(F)F)OO1. The predicted octanol–water partition coefficient (Wildman–Crippen LogP) is 2.30. The molecule has 0 aliphatic carbocycles. The third-order valence-electron chi connectivity index (χ3n) is 2.10. The Morgan fingerprint density at radius 1 is 1.21 bits per heavy atom. The zero-order valence-corrected chi connectivity index (χ0v) is 9.12. The molecule has 1 aliphatic heterocycles. The number of hydrogen-bond donors (Lipinski definition) is 0. The van der Waals surface area contributed by atoms with Gasteiger partial charge in [0.25, 0.3) is 6.10 Å². The average molecular weight is 294 g/mol. The van der Waals surface area contributed by atoms with Gasteiger partial charge in [0.05, 0.1) is 0 Å². The third-order valence-corrected chi connectivity index (χ3v) is 2.10. The molecule has 110 valence electrons. The highest BCUT2D eigenvalue weighted by atomic mass is 19.4. The molecule has 0 saturated carbocycles. The first-order valence-corrected chi connectivity index (χ1v) is 4.84. The molecule has 0 N–H and O–H groups in total. The van der Waals surface area contributed by atoms with Crippen molar-refractivity contribution in [2.75, 3.05) is 0 Å². The molecule has 0 aromatic heterocycles. The van der Waals surface area contributed by atoms with Gasteiger partial charge in [-0.1, -0.05) is 6.08 Å². The Balaban J connectivity index is 2.70. The molecule has 1 fully saturated rings. The molecule has 1 rings (SSSR count). The summed E-state index contributed by atoms with van der Waals surface area (Å²) >= 11 is 0. The lowest BCUT2D eigenvalue weighted by atomic mass is 10.2. The van der Waals surface area contributed by atoms with Gasteiger partial charge in [-0.2, -0.15) is 26.3 Å². The number of hydrogen-bond acceptors (Lipinski definition) is 4. The van der Waals surface area contributed by atoms with E-state index in [9.17, 15) is 31.1 Å². The smallest absolute Gasteiger partial charge is 0.434 e. The first-order chi connectivity index (χ1) is 8.55. The van der Waals surface area contributed by atoms with Crippen LogP contribution in [0, 0.1) is 0 Å². The minimum atomic E-state index is -5.76. The molecular weight excluding hydrogens is 286 g/mol. The van der Waals surface area contributed by atoms with E-state index in [1.807, 2.05) is 0 Å². The van der Waals surface area contributed by atoms with Gasteiger partial charge in [0.15, 0.2) is 6.10 Å². The maximum absolute atomic E-state index is 12.1. The quantitative estimate of drug-likeness (QED) is 0.347. The highest BCUT2D eigenvalue weighted by Crippen LogP contribution is 2.36. The van der Waals surface area contributed by atoms with Crippen LogP contribution >= 0.6 is 0 Å². The first kappa shape index (κ1) is 15.8. The van der Waals surface area contributed by atoms with Crippen molar-refractivity contribution in [2.24, 2.45) is 0 Å². The Bertz CT molecular complexity index is 336. The number of esters is 1. The Morgan fingerprint density at radius 2 is 1.74 bits per heavy atom. The lowest BCUT2D eigenvalue weighted by Crippen LogP contribution is -2.47. The van der Waals surface area contributed by atoms with Crippen LogP contribution in [-0.4, -0.2) is 36.6 Å². The van der Waals surface area contributed by atoms with E-state index in [0.717, 1.165) is 0 Å². The van der Waals surface area contributed by atoms with Crippen molar-refractivity contribution in [3.05, 3.63) is 12.7 Å². The van der Waals surface area contributed by atoms with Crippen molar-refractivity contribution in [1.29, 1.82) is 0 Å². The molecule has 0 radical (unpaired) electrons. The normalized spacial score (nSPS) is 24.6. The van der Waals surface area contributed by atoms with E-state index in [1.165, 1.54) is 6.08 Å². The van der Waals surface area contributed by atoms with Gasteiger partial charge in [-0.15, -0.1) is 6.58 Å². The largest absolute Gasteiger partial charge is 0.441 e. The van der Waals surface area contributed by atoms with Gasteiger partial charge >= 0.3 is 18.3 Å². The van der Waals surface area contributed by atoms with Gasteiger partial charge in [-0.25, -0.2) is 14.6 Å². The van der Waals surface area contributed by atoms with Gasteiger partial charge in [-0.05, 0) is 0 Å². The topological polar surface area (TPSA) is 44.8 Å². The Morgan fingerprint density at radius 3 is 2.11 bits per heavy atom. The minimum Gasteiger partial charge on any atom is -0.441 e. The van der Waals surface area contributed by atoms with Gasteiger partial charge in [0, 0.05) is 6.42 Å². The van der Waals surface area contributed by atoms with Crippen molar-refractivity contribution in [3.63, 3.8) is 0 Å². The molecule has 0 bridgehead atoms. The Labute approximate surface area is 102 Å². The van der Waals surface area contributed by atoms with Crippen LogP contribution in [0.15, 0.2) is 12.7 Å².